The van der Waals surface area contributed by atoms with Crippen LogP contribution in [0.15, 0.2) is 41.3 Å². The van der Waals surface area contributed by atoms with Crippen molar-refractivity contribution in [1.29, 1.82) is 0 Å². The fraction of sp³-hybridized carbons (Fsp3) is 0.350. The van der Waals surface area contributed by atoms with Crippen molar-refractivity contribution in [1.82, 2.24) is 9.62 Å². The summed E-state index contributed by atoms with van der Waals surface area (Å²) >= 11 is 12.0. The number of amides is 1. The van der Waals surface area contributed by atoms with Crippen LogP contribution < -0.4 is 10.1 Å². The van der Waals surface area contributed by atoms with Gasteiger partial charge in [-0.25, -0.2) is 8.42 Å². The van der Waals surface area contributed by atoms with Gasteiger partial charge in [0.2, 0.25) is 10.0 Å². The van der Waals surface area contributed by atoms with Gasteiger partial charge in [-0.15, -0.1) is 0 Å². The van der Waals surface area contributed by atoms with Gasteiger partial charge in [-0.1, -0.05) is 29.3 Å². The van der Waals surface area contributed by atoms with Crippen molar-refractivity contribution >= 4 is 39.1 Å². The monoisotopic (exact) mass is 472 g/mol. The Morgan fingerprint density at radius 2 is 1.90 bits per heavy atom. The first-order valence-corrected chi connectivity index (χ1v) is 11.5. The summed E-state index contributed by atoms with van der Waals surface area (Å²) in [6, 6.07) is 9.54. The molecule has 3 rings (SSSR count). The molecular formula is C20H22Cl2N2O5S. The molecule has 0 unspecified atom stereocenters. The standard InChI is InChI=1S/C20H22Cl2N2O5S/c1-28-18-5-3-15(12-19(18)30(26,27)24-8-10-29-11-9-24)20(25)23-7-6-14-2-4-16(21)13-17(14)22/h2-5,12-13H,6-11H2,1H3,(H,23,25). The maximum absolute atomic E-state index is 13.0. The third-order valence-corrected chi connectivity index (χ3v) is 7.22. The van der Waals surface area contributed by atoms with E-state index in [-0.39, 0.29) is 35.2 Å². The summed E-state index contributed by atoms with van der Waals surface area (Å²) in [7, 11) is -2.42. The molecule has 1 heterocycles. The third-order valence-electron chi connectivity index (χ3n) is 4.71. The smallest absolute Gasteiger partial charge is 0.251 e. The number of nitrogens with zero attached hydrogens (tertiary/aromatic N) is 1. The maximum Gasteiger partial charge on any atom is 0.251 e. The van der Waals surface area contributed by atoms with Gasteiger partial charge in [0, 0.05) is 35.2 Å². The van der Waals surface area contributed by atoms with Crippen LogP contribution in [0.2, 0.25) is 10.0 Å². The Morgan fingerprint density at radius 1 is 1.17 bits per heavy atom. The number of morpholine rings is 1. The zero-order valence-electron chi connectivity index (χ0n) is 16.4. The molecule has 162 valence electrons. The average Bonchev–Trinajstić information content (AvgIpc) is 2.75. The van der Waals surface area contributed by atoms with Crippen molar-refractivity contribution in [3.05, 3.63) is 57.6 Å². The number of halogens is 2. The number of sulfonamides is 1. The second kappa shape index (κ2) is 9.98. The van der Waals surface area contributed by atoms with Gasteiger partial charge in [0.25, 0.3) is 5.91 Å². The number of benzene rings is 2. The van der Waals surface area contributed by atoms with E-state index in [2.05, 4.69) is 5.32 Å². The maximum atomic E-state index is 13.0. The van der Waals surface area contributed by atoms with Gasteiger partial charge in [0.1, 0.15) is 10.6 Å². The van der Waals surface area contributed by atoms with Gasteiger partial charge in [0.05, 0.1) is 20.3 Å². The summed E-state index contributed by atoms with van der Waals surface area (Å²) in [4.78, 5) is 12.6. The Balaban J connectivity index is 1.74. The number of hydrogen-bond acceptors (Lipinski definition) is 5. The zero-order valence-corrected chi connectivity index (χ0v) is 18.7. The van der Waals surface area contributed by atoms with E-state index in [1.807, 2.05) is 0 Å². The number of rotatable bonds is 7. The van der Waals surface area contributed by atoms with Gasteiger partial charge in [-0.2, -0.15) is 4.31 Å². The number of nitrogens with one attached hydrogen (secondary N) is 1. The van der Waals surface area contributed by atoms with E-state index < -0.39 is 10.0 Å². The van der Waals surface area contributed by atoms with Crippen LogP contribution in [0.5, 0.6) is 5.75 Å². The molecule has 7 nitrogen and oxygen atoms in total. The number of hydrogen-bond donors (Lipinski definition) is 1. The molecule has 10 heteroatoms. The molecule has 1 saturated heterocycles. The molecule has 1 N–H and O–H groups in total. The van der Waals surface area contributed by atoms with Crippen LogP contribution >= 0.6 is 23.2 Å². The average molecular weight is 473 g/mol. The summed E-state index contributed by atoms with van der Waals surface area (Å²) in [6.45, 7) is 1.50. The minimum Gasteiger partial charge on any atom is -0.495 e. The van der Waals surface area contributed by atoms with Crippen LogP contribution in [0, 0.1) is 0 Å². The quantitative estimate of drug-likeness (QED) is 0.669. The van der Waals surface area contributed by atoms with Gasteiger partial charge in [-0.3, -0.25) is 4.79 Å². The Labute approximate surface area is 185 Å². The van der Waals surface area contributed by atoms with E-state index in [1.54, 1.807) is 18.2 Å². The molecule has 0 saturated carbocycles. The molecule has 1 aliphatic rings. The van der Waals surface area contributed by atoms with Crippen molar-refractivity contribution in [2.24, 2.45) is 0 Å². The molecule has 0 radical (unpaired) electrons. The summed E-state index contributed by atoms with van der Waals surface area (Å²) in [5.41, 5.74) is 1.08. The number of methoxy groups -OCH3 is 1. The van der Waals surface area contributed by atoms with Crippen LogP contribution in [0.1, 0.15) is 15.9 Å². The summed E-state index contributed by atoms with van der Waals surface area (Å²) in [5.74, 6) is -0.202. The lowest BCUT2D eigenvalue weighted by atomic mass is 10.1. The molecule has 0 atom stereocenters. The van der Waals surface area contributed by atoms with Crippen LogP contribution in [-0.4, -0.2) is 58.6 Å². The number of carbonyl (C=O) groups excluding carboxylic acids is 1. The molecule has 1 aliphatic heterocycles. The topological polar surface area (TPSA) is 84.9 Å². The van der Waals surface area contributed by atoms with E-state index in [0.29, 0.717) is 36.2 Å². The van der Waals surface area contributed by atoms with Crippen molar-refractivity contribution in [2.75, 3.05) is 40.0 Å². The number of carbonyl (C=O) groups is 1. The summed E-state index contributed by atoms with van der Waals surface area (Å²) < 4.78 is 37.9. The lowest BCUT2D eigenvalue weighted by Gasteiger charge is -2.26. The van der Waals surface area contributed by atoms with Gasteiger partial charge in [-0.05, 0) is 42.3 Å². The fourth-order valence-corrected chi connectivity index (χ4v) is 5.18. The van der Waals surface area contributed by atoms with Crippen LogP contribution in [0.3, 0.4) is 0 Å². The lowest BCUT2D eigenvalue weighted by molar-refractivity contribution is 0.0729. The predicted molar refractivity (Wildman–Crippen MR) is 115 cm³/mol. The Bertz CT molecular complexity index is 1020. The summed E-state index contributed by atoms with van der Waals surface area (Å²) in [6.07, 6.45) is 0.511. The van der Waals surface area contributed by atoms with E-state index in [1.165, 1.54) is 29.6 Å². The molecule has 2 aromatic carbocycles. The highest BCUT2D eigenvalue weighted by atomic mass is 35.5. The molecule has 2 aromatic rings. The second-order valence-electron chi connectivity index (χ2n) is 6.62. The van der Waals surface area contributed by atoms with Gasteiger partial charge in [0.15, 0.2) is 0 Å². The molecule has 0 spiro atoms. The SMILES string of the molecule is COc1ccc(C(=O)NCCc2ccc(Cl)cc2Cl)cc1S(=O)(=O)N1CCOCC1. The molecule has 1 fully saturated rings. The predicted octanol–water partition coefficient (Wildman–Crippen LogP) is 3.00. The molecular weight excluding hydrogens is 451 g/mol. The highest BCUT2D eigenvalue weighted by Crippen LogP contribution is 2.28. The molecule has 0 bridgehead atoms. The third kappa shape index (κ3) is 5.25. The molecule has 0 aromatic heterocycles. The van der Waals surface area contributed by atoms with Crippen molar-refractivity contribution in [3.8, 4) is 5.75 Å². The Morgan fingerprint density at radius 3 is 2.57 bits per heavy atom. The second-order valence-corrected chi connectivity index (χ2v) is 9.37. The number of ether oxygens (including phenoxy) is 2. The first kappa shape index (κ1) is 22.8. The van der Waals surface area contributed by atoms with Gasteiger partial charge < -0.3 is 14.8 Å². The minimum atomic E-state index is -3.82. The van der Waals surface area contributed by atoms with Crippen LogP contribution in [0.25, 0.3) is 0 Å². The fourth-order valence-electron chi connectivity index (χ4n) is 3.08. The normalized spacial score (nSPS) is 15.0. The largest absolute Gasteiger partial charge is 0.495 e. The zero-order chi connectivity index (χ0) is 21.7. The van der Waals surface area contributed by atoms with Crippen LogP contribution in [0.4, 0.5) is 0 Å². The Kier molecular flexibility index (Phi) is 7.60. The highest BCUT2D eigenvalue weighted by molar-refractivity contribution is 7.89. The summed E-state index contributed by atoms with van der Waals surface area (Å²) in [5, 5.41) is 3.85. The minimum absolute atomic E-state index is 0.0414. The van der Waals surface area contributed by atoms with Crippen LogP contribution in [-0.2, 0) is 21.2 Å². The molecule has 30 heavy (non-hydrogen) atoms. The lowest BCUT2D eigenvalue weighted by Crippen LogP contribution is -2.40. The van der Waals surface area contributed by atoms with E-state index in [0.717, 1.165) is 5.56 Å². The van der Waals surface area contributed by atoms with Crippen molar-refractivity contribution in [2.45, 2.75) is 11.3 Å². The van der Waals surface area contributed by atoms with Gasteiger partial charge >= 0.3 is 0 Å². The van der Waals surface area contributed by atoms with E-state index in [9.17, 15) is 13.2 Å². The van der Waals surface area contributed by atoms with E-state index >= 15 is 0 Å². The first-order valence-electron chi connectivity index (χ1n) is 9.31. The molecule has 0 aliphatic carbocycles. The van der Waals surface area contributed by atoms with Crippen molar-refractivity contribution < 1.29 is 22.7 Å². The van der Waals surface area contributed by atoms with Crippen molar-refractivity contribution in [3.63, 3.8) is 0 Å². The van der Waals surface area contributed by atoms with E-state index in [4.69, 9.17) is 32.7 Å². The molecule has 1 amide bonds. The first-order chi connectivity index (χ1) is 14.3. The Hall–Kier alpha value is -1.84. The highest BCUT2D eigenvalue weighted by Gasteiger charge is 2.30.